The van der Waals surface area contributed by atoms with Gasteiger partial charge in [0.25, 0.3) is 0 Å². The number of aryl methyl sites for hydroxylation is 1. The van der Waals surface area contributed by atoms with E-state index in [4.69, 9.17) is 0 Å². The molecule has 0 saturated heterocycles. The molecule has 0 bridgehead atoms. The predicted molar refractivity (Wildman–Crippen MR) is 65.3 cm³/mol. The SMILES string of the molecule is Cc1[nH]c(C(C)(C)C)nc1-c1ccncc1. The average Bonchev–Trinajstić information content (AvgIpc) is 2.61. The number of hydrogen-bond donors (Lipinski definition) is 1. The van der Waals surface area contributed by atoms with Crippen molar-refractivity contribution >= 4 is 0 Å². The Kier molecular flexibility index (Phi) is 2.54. The zero-order chi connectivity index (χ0) is 11.8. The third kappa shape index (κ3) is 1.98. The zero-order valence-electron chi connectivity index (χ0n) is 10.2. The molecule has 3 nitrogen and oxygen atoms in total. The number of aromatic nitrogens is 3. The Balaban J connectivity index is 2.48. The summed E-state index contributed by atoms with van der Waals surface area (Å²) >= 11 is 0. The van der Waals surface area contributed by atoms with Crippen molar-refractivity contribution in [1.29, 1.82) is 0 Å². The lowest BCUT2D eigenvalue weighted by Gasteiger charge is -2.13. The minimum atomic E-state index is 0.0516. The van der Waals surface area contributed by atoms with E-state index in [1.165, 1.54) is 0 Å². The maximum absolute atomic E-state index is 4.67. The molecule has 84 valence electrons. The van der Waals surface area contributed by atoms with E-state index in [-0.39, 0.29) is 5.41 Å². The van der Waals surface area contributed by atoms with Gasteiger partial charge in [0, 0.05) is 29.1 Å². The topological polar surface area (TPSA) is 41.6 Å². The predicted octanol–water partition coefficient (Wildman–Crippen LogP) is 3.08. The van der Waals surface area contributed by atoms with Crippen molar-refractivity contribution in [2.75, 3.05) is 0 Å². The molecule has 16 heavy (non-hydrogen) atoms. The Bertz CT molecular complexity index is 478. The number of pyridine rings is 1. The van der Waals surface area contributed by atoms with Gasteiger partial charge in [-0.25, -0.2) is 4.98 Å². The van der Waals surface area contributed by atoms with Crippen LogP contribution in [0.15, 0.2) is 24.5 Å². The van der Waals surface area contributed by atoms with Crippen LogP contribution < -0.4 is 0 Å². The molecule has 3 heteroatoms. The van der Waals surface area contributed by atoms with Crippen LogP contribution in [0.3, 0.4) is 0 Å². The molecule has 2 heterocycles. The van der Waals surface area contributed by atoms with Crippen molar-refractivity contribution in [2.45, 2.75) is 33.1 Å². The first-order valence-corrected chi connectivity index (χ1v) is 5.46. The second-order valence-electron chi connectivity index (χ2n) is 5.04. The Morgan fingerprint density at radius 1 is 1.12 bits per heavy atom. The monoisotopic (exact) mass is 215 g/mol. The van der Waals surface area contributed by atoms with E-state index in [0.29, 0.717) is 0 Å². The highest BCUT2D eigenvalue weighted by molar-refractivity contribution is 5.61. The van der Waals surface area contributed by atoms with Gasteiger partial charge in [-0.1, -0.05) is 20.8 Å². The van der Waals surface area contributed by atoms with Crippen molar-refractivity contribution in [3.63, 3.8) is 0 Å². The number of nitrogens with one attached hydrogen (secondary N) is 1. The van der Waals surface area contributed by atoms with Gasteiger partial charge in [0.05, 0.1) is 5.69 Å². The molecule has 1 N–H and O–H groups in total. The van der Waals surface area contributed by atoms with Gasteiger partial charge in [-0.2, -0.15) is 0 Å². The molecule has 0 amide bonds. The van der Waals surface area contributed by atoms with Crippen LogP contribution in [0, 0.1) is 6.92 Å². The first kappa shape index (κ1) is 10.9. The zero-order valence-corrected chi connectivity index (χ0v) is 10.2. The van der Waals surface area contributed by atoms with Crippen molar-refractivity contribution < 1.29 is 0 Å². The number of aromatic amines is 1. The summed E-state index contributed by atoms with van der Waals surface area (Å²) in [5.74, 6) is 1.02. The third-order valence-electron chi connectivity index (χ3n) is 2.55. The Hall–Kier alpha value is -1.64. The molecule has 0 radical (unpaired) electrons. The van der Waals surface area contributed by atoms with E-state index in [1.54, 1.807) is 12.4 Å². The number of H-pyrrole nitrogens is 1. The summed E-state index contributed by atoms with van der Waals surface area (Å²) in [7, 11) is 0. The van der Waals surface area contributed by atoms with E-state index in [1.807, 2.05) is 12.1 Å². The van der Waals surface area contributed by atoms with Crippen LogP contribution >= 0.6 is 0 Å². The van der Waals surface area contributed by atoms with Crippen molar-refractivity contribution in [2.24, 2.45) is 0 Å². The molecular formula is C13H17N3. The molecule has 2 aromatic rings. The minimum Gasteiger partial charge on any atom is -0.345 e. The lowest BCUT2D eigenvalue weighted by Crippen LogP contribution is -2.13. The highest BCUT2D eigenvalue weighted by Crippen LogP contribution is 2.25. The lowest BCUT2D eigenvalue weighted by molar-refractivity contribution is 0.552. The summed E-state index contributed by atoms with van der Waals surface area (Å²) in [6, 6.07) is 3.96. The van der Waals surface area contributed by atoms with Crippen LogP contribution in [0.2, 0.25) is 0 Å². The minimum absolute atomic E-state index is 0.0516. The molecule has 0 fully saturated rings. The van der Waals surface area contributed by atoms with Gasteiger partial charge < -0.3 is 4.98 Å². The van der Waals surface area contributed by atoms with E-state index in [9.17, 15) is 0 Å². The fourth-order valence-corrected chi connectivity index (χ4v) is 1.61. The maximum Gasteiger partial charge on any atom is 0.112 e. The summed E-state index contributed by atoms with van der Waals surface area (Å²) in [5.41, 5.74) is 3.29. The fourth-order valence-electron chi connectivity index (χ4n) is 1.61. The highest BCUT2D eigenvalue weighted by Gasteiger charge is 2.19. The molecule has 0 unspecified atom stereocenters. The van der Waals surface area contributed by atoms with E-state index >= 15 is 0 Å². The van der Waals surface area contributed by atoms with E-state index in [2.05, 4.69) is 42.6 Å². The largest absolute Gasteiger partial charge is 0.345 e. The Morgan fingerprint density at radius 3 is 2.25 bits per heavy atom. The molecule has 2 rings (SSSR count). The standard InChI is InChI=1S/C13H17N3/c1-9-11(10-5-7-14-8-6-10)16-12(15-9)13(2,3)4/h5-8H,1-4H3,(H,15,16). The molecule has 0 aromatic carbocycles. The molecule has 0 spiro atoms. The van der Waals surface area contributed by atoms with Gasteiger partial charge in [0.15, 0.2) is 0 Å². The van der Waals surface area contributed by atoms with Crippen molar-refractivity contribution in [1.82, 2.24) is 15.0 Å². The number of nitrogens with zero attached hydrogens (tertiary/aromatic N) is 2. The summed E-state index contributed by atoms with van der Waals surface area (Å²) in [6.45, 7) is 8.52. The van der Waals surface area contributed by atoms with Crippen LogP contribution in [0.25, 0.3) is 11.3 Å². The first-order chi connectivity index (χ1) is 7.48. The molecule has 0 aliphatic heterocycles. The normalized spacial score (nSPS) is 11.8. The van der Waals surface area contributed by atoms with Crippen LogP contribution in [0.1, 0.15) is 32.3 Å². The highest BCUT2D eigenvalue weighted by atomic mass is 14.9. The van der Waals surface area contributed by atoms with Gasteiger partial charge in [-0.15, -0.1) is 0 Å². The fraction of sp³-hybridized carbons (Fsp3) is 0.385. The quantitative estimate of drug-likeness (QED) is 0.794. The van der Waals surface area contributed by atoms with Crippen LogP contribution in [-0.2, 0) is 5.41 Å². The molecule has 0 aliphatic carbocycles. The Morgan fingerprint density at radius 2 is 1.75 bits per heavy atom. The Labute approximate surface area is 96.0 Å². The molecule has 0 atom stereocenters. The molecule has 0 aliphatic rings. The molecule has 2 aromatic heterocycles. The lowest BCUT2D eigenvalue weighted by atomic mass is 9.96. The van der Waals surface area contributed by atoms with Gasteiger partial charge in [0.1, 0.15) is 5.82 Å². The van der Waals surface area contributed by atoms with Crippen LogP contribution in [0.4, 0.5) is 0 Å². The number of imidazole rings is 1. The number of rotatable bonds is 1. The first-order valence-electron chi connectivity index (χ1n) is 5.46. The average molecular weight is 215 g/mol. The summed E-state index contributed by atoms with van der Waals surface area (Å²) < 4.78 is 0. The van der Waals surface area contributed by atoms with Crippen molar-refractivity contribution in [3.8, 4) is 11.3 Å². The number of hydrogen-bond acceptors (Lipinski definition) is 2. The second kappa shape index (κ2) is 3.74. The van der Waals surface area contributed by atoms with Gasteiger partial charge >= 0.3 is 0 Å². The summed E-state index contributed by atoms with van der Waals surface area (Å²) in [5, 5.41) is 0. The summed E-state index contributed by atoms with van der Waals surface area (Å²) in [4.78, 5) is 12.0. The van der Waals surface area contributed by atoms with E-state index in [0.717, 1.165) is 22.8 Å². The summed E-state index contributed by atoms with van der Waals surface area (Å²) in [6.07, 6.45) is 3.58. The van der Waals surface area contributed by atoms with Crippen LogP contribution in [-0.4, -0.2) is 15.0 Å². The molecular weight excluding hydrogens is 198 g/mol. The third-order valence-corrected chi connectivity index (χ3v) is 2.55. The second-order valence-corrected chi connectivity index (χ2v) is 5.04. The van der Waals surface area contributed by atoms with E-state index < -0.39 is 0 Å². The van der Waals surface area contributed by atoms with Crippen molar-refractivity contribution in [3.05, 3.63) is 36.0 Å². The van der Waals surface area contributed by atoms with Crippen LogP contribution in [0.5, 0.6) is 0 Å². The van der Waals surface area contributed by atoms with Gasteiger partial charge in [0.2, 0.25) is 0 Å². The molecule has 0 saturated carbocycles. The smallest absolute Gasteiger partial charge is 0.112 e. The van der Waals surface area contributed by atoms with Gasteiger partial charge in [-0.3, -0.25) is 4.98 Å². The van der Waals surface area contributed by atoms with Gasteiger partial charge in [-0.05, 0) is 19.1 Å². The maximum atomic E-state index is 4.67.